The minimum Gasteiger partial charge on any atom is -0.302 e. The Morgan fingerprint density at radius 1 is 1.00 bits per heavy atom. The Balaban J connectivity index is 1.49. The van der Waals surface area contributed by atoms with Crippen molar-refractivity contribution < 1.29 is 4.79 Å². The number of aryl methyl sites for hydroxylation is 2. The minimum absolute atomic E-state index is 0.0404. The molecular weight excluding hydrogens is 352 g/mol. The van der Waals surface area contributed by atoms with Crippen molar-refractivity contribution in [2.45, 2.75) is 20.3 Å². The first-order chi connectivity index (χ1) is 13.1. The lowest BCUT2D eigenvalue weighted by molar-refractivity contribution is -0.115. The summed E-state index contributed by atoms with van der Waals surface area (Å²) in [4.78, 5) is 17.0. The van der Waals surface area contributed by atoms with Crippen molar-refractivity contribution in [1.29, 1.82) is 0 Å². The average molecular weight is 372 g/mol. The van der Waals surface area contributed by atoms with Crippen LogP contribution in [0.25, 0.3) is 22.0 Å². The molecule has 1 heterocycles. The second-order valence-electron chi connectivity index (χ2n) is 6.75. The van der Waals surface area contributed by atoms with Crippen LogP contribution in [-0.2, 0) is 11.2 Å². The number of amides is 1. The van der Waals surface area contributed by atoms with Gasteiger partial charge in [0.25, 0.3) is 0 Å². The number of aromatic nitrogens is 1. The van der Waals surface area contributed by atoms with E-state index >= 15 is 0 Å². The first-order valence-electron chi connectivity index (χ1n) is 8.89. The topological polar surface area (TPSA) is 42.0 Å². The molecule has 0 aliphatic carbocycles. The number of nitrogens with one attached hydrogen (secondary N) is 1. The van der Waals surface area contributed by atoms with Crippen LogP contribution in [0.2, 0.25) is 0 Å². The first-order valence-corrected chi connectivity index (χ1v) is 9.77. The fourth-order valence-corrected chi connectivity index (χ4v) is 3.93. The number of carbonyl (C=O) groups is 1. The molecule has 0 bridgehead atoms. The standard InChI is InChI=1S/C23H20N2OS/c1-15-7-8-18(16(2)11-15)13-22(26)25-23-24-21(14-27-23)20-10-9-17-5-3-4-6-19(17)12-20/h3-12,14H,13H2,1-2H3,(H,24,25,26). The number of nitrogens with zero attached hydrogens (tertiary/aromatic N) is 1. The van der Waals surface area contributed by atoms with Gasteiger partial charge in [-0.15, -0.1) is 11.3 Å². The molecule has 1 amide bonds. The van der Waals surface area contributed by atoms with E-state index in [4.69, 9.17) is 0 Å². The maximum Gasteiger partial charge on any atom is 0.230 e. The molecule has 1 N–H and O–H groups in total. The Labute approximate surface area is 162 Å². The van der Waals surface area contributed by atoms with Crippen molar-refractivity contribution >= 4 is 33.1 Å². The fraction of sp³-hybridized carbons (Fsp3) is 0.130. The number of anilines is 1. The van der Waals surface area contributed by atoms with Gasteiger partial charge in [0.2, 0.25) is 5.91 Å². The van der Waals surface area contributed by atoms with Gasteiger partial charge in [-0.3, -0.25) is 4.79 Å². The SMILES string of the molecule is Cc1ccc(CC(=O)Nc2nc(-c3ccc4ccccc4c3)cs2)c(C)c1. The molecule has 1 aromatic heterocycles. The van der Waals surface area contributed by atoms with E-state index < -0.39 is 0 Å². The van der Waals surface area contributed by atoms with Crippen LogP contribution >= 0.6 is 11.3 Å². The quantitative estimate of drug-likeness (QED) is 0.495. The van der Waals surface area contributed by atoms with Crippen molar-refractivity contribution in [2.24, 2.45) is 0 Å². The van der Waals surface area contributed by atoms with Crippen molar-refractivity contribution in [3.63, 3.8) is 0 Å². The van der Waals surface area contributed by atoms with Crippen LogP contribution < -0.4 is 5.32 Å². The maximum absolute atomic E-state index is 12.4. The predicted octanol–water partition coefficient (Wildman–Crippen LogP) is 5.76. The van der Waals surface area contributed by atoms with Crippen LogP contribution in [0.15, 0.2) is 66.0 Å². The number of benzene rings is 3. The highest BCUT2D eigenvalue weighted by Gasteiger charge is 2.10. The largest absolute Gasteiger partial charge is 0.302 e. The second kappa shape index (κ2) is 7.33. The third-order valence-corrected chi connectivity index (χ3v) is 5.40. The van der Waals surface area contributed by atoms with E-state index in [1.807, 2.05) is 36.6 Å². The zero-order chi connectivity index (χ0) is 18.8. The molecule has 3 aromatic carbocycles. The number of hydrogen-bond donors (Lipinski definition) is 1. The molecule has 0 spiro atoms. The van der Waals surface area contributed by atoms with Gasteiger partial charge in [0, 0.05) is 10.9 Å². The summed E-state index contributed by atoms with van der Waals surface area (Å²) in [7, 11) is 0. The van der Waals surface area contributed by atoms with Gasteiger partial charge < -0.3 is 5.32 Å². The minimum atomic E-state index is -0.0404. The number of hydrogen-bond acceptors (Lipinski definition) is 3. The summed E-state index contributed by atoms with van der Waals surface area (Å²) in [6, 6.07) is 20.7. The van der Waals surface area contributed by atoms with Crippen molar-refractivity contribution in [2.75, 3.05) is 5.32 Å². The normalized spacial score (nSPS) is 10.9. The van der Waals surface area contributed by atoms with Gasteiger partial charge in [0.15, 0.2) is 5.13 Å². The van der Waals surface area contributed by atoms with Crippen molar-refractivity contribution in [3.8, 4) is 11.3 Å². The van der Waals surface area contributed by atoms with Crippen LogP contribution in [0.5, 0.6) is 0 Å². The number of rotatable bonds is 4. The molecule has 0 unspecified atom stereocenters. The second-order valence-corrected chi connectivity index (χ2v) is 7.61. The highest BCUT2D eigenvalue weighted by molar-refractivity contribution is 7.14. The first kappa shape index (κ1) is 17.4. The molecule has 3 nitrogen and oxygen atoms in total. The van der Waals surface area contributed by atoms with Gasteiger partial charge in [-0.05, 0) is 41.8 Å². The van der Waals surface area contributed by atoms with Gasteiger partial charge in [-0.25, -0.2) is 4.98 Å². The van der Waals surface area contributed by atoms with Crippen LogP contribution in [0.4, 0.5) is 5.13 Å². The Bertz CT molecular complexity index is 1130. The summed E-state index contributed by atoms with van der Waals surface area (Å²) in [6.07, 6.45) is 0.358. The smallest absolute Gasteiger partial charge is 0.230 e. The summed E-state index contributed by atoms with van der Waals surface area (Å²) >= 11 is 1.45. The molecule has 0 saturated heterocycles. The molecule has 0 atom stereocenters. The third-order valence-electron chi connectivity index (χ3n) is 4.64. The van der Waals surface area contributed by atoms with Gasteiger partial charge in [-0.2, -0.15) is 0 Å². The molecule has 0 radical (unpaired) electrons. The molecule has 0 fully saturated rings. The maximum atomic E-state index is 12.4. The van der Waals surface area contributed by atoms with Crippen LogP contribution in [-0.4, -0.2) is 10.9 Å². The van der Waals surface area contributed by atoms with Gasteiger partial charge in [0.1, 0.15) is 0 Å². The van der Waals surface area contributed by atoms with E-state index in [-0.39, 0.29) is 5.91 Å². The molecule has 0 aliphatic rings. The molecule has 134 valence electrons. The summed E-state index contributed by atoms with van der Waals surface area (Å²) in [6.45, 7) is 4.09. The molecule has 4 rings (SSSR count). The van der Waals surface area contributed by atoms with Crippen molar-refractivity contribution in [3.05, 3.63) is 82.7 Å². The molecule has 4 heteroatoms. The van der Waals surface area contributed by atoms with Gasteiger partial charge in [0.05, 0.1) is 12.1 Å². The monoisotopic (exact) mass is 372 g/mol. The summed E-state index contributed by atoms with van der Waals surface area (Å²) in [5.74, 6) is -0.0404. The van der Waals surface area contributed by atoms with Gasteiger partial charge >= 0.3 is 0 Å². The lowest BCUT2D eigenvalue weighted by Gasteiger charge is -2.06. The summed E-state index contributed by atoms with van der Waals surface area (Å²) in [5.41, 5.74) is 5.33. The Hall–Kier alpha value is -2.98. The third kappa shape index (κ3) is 3.91. The van der Waals surface area contributed by atoms with Crippen molar-refractivity contribution in [1.82, 2.24) is 4.98 Å². The average Bonchev–Trinajstić information content (AvgIpc) is 3.12. The number of fused-ring (bicyclic) bond motifs is 1. The predicted molar refractivity (Wildman–Crippen MR) is 113 cm³/mol. The van der Waals surface area contributed by atoms with Crippen LogP contribution in [0, 0.1) is 13.8 Å². The zero-order valence-electron chi connectivity index (χ0n) is 15.3. The molecular formula is C23H20N2OS. The van der Waals surface area contributed by atoms with Crippen LogP contribution in [0.3, 0.4) is 0 Å². The fourth-order valence-electron chi connectivity index (χ4n) is 3.19. The number of carbonyl (C=O) groups excluding carboxylic acids is 1. The lowest BCUT2D eigenvalue weighted by Crippen LogP contribution is -2.14. The lowest BCUT2D eigenvalue weighted by atomic mass is 10.0. The van der Waals surface area contributed by atoms with E-state index in [1.54, 1.807) is 0 Å². The Morgan fingerprint density at radius 2 is 1.81 bits per heavy atom. The molecule has 0 saturated carbocycles. The Morgan fingerprint density at radius 3 is 2.63 bits per heavy atom. The van der Waals surface area contributed by atoms with Crippen LogP contribution in [0.1, 0.15) is 16.7 Å². The molecule has 4 aromatic rings. The molecule has 0 aliphatic heterocycles. The summed E-state index contributed by atoms with van der Waals surface area (Å²) in [5, 5.41) is 7.93. The highest BCUT2D eigenvalue weighted by atomic mass is 32.1. The molecule has 27 heavy (non-hydrogen) atoms. The summed E-state index contributed by atoms with van der Waals surface area (Å²) < 4.78 is 0. The van der Waals surface area contributed by atoms with E-state index in [0.717, 1.165) is 22.4 Å². The van der Waals surface area contributed by atoms with E-state index in [1.165, 1.54) is 27.7 Å². The van der Waals surface area contributed by atoms with E-state index in [0.29, 0.717) is 11.6 Å². The Kier molecular flexibility index (Phi) is 4.73. The number of thiazole rings is 1. The van der Waals surface area contributed by atoms with E-state index in [9.17, 15) is 4.79 Å². The van der Waals surface area contributed by atoms with E-state index in [2.05, 4.69) is 53.6 Å². The highest BCUT2D eigenvalue weighted by Crippen LogP contribution is 2.28. The zero-order valence-corrected chi connectivity index (χ0v) is 16.1. The van der Waals surface area contributed by atoms with Gasteiger partial charge in [-0.1, -0.05) is 60.2 Å².